The van der Waals surface area contributed by atoms with Gasteiger partial charge in [-0.1, -0.05) is 12.1 Å². The number of rotatable bonds is 3. The lowest BCUT2D eigenvalue weighted by molar-refractivity contribution is -0.144. The summed E-state index contributed by atoms with van der Waals surface area (Å²) >= 11 is 0. The van der Waals surface area contributed by atoms with E-state index in [-0.39, 0.29) is 11.5 Å². The van der Waals surface area contributed by atoms with E-state index in [1.807, 2.05) is 0 Å². The van der Waals surface area contributed by atoms with Gasteiger partial charge in [-0.05, 0) is 12.1 Å². The number of para-hydroxylation sites is 1. The van der Waals surface area contributed by atoms with Gasteiger partial charge in [-0.2, -0.15) is 13.2 Å². The highest BCUT2D eigenvalue weighted by Gasteiger charge is 2.35. The molecule has 0 aliphatic rings. The number of anilines is 1. The fraction of sp³-hybridized carbons (Fsp3) is 0.231. The Kier molecular flexibility index (Phi) is 3.78. The van der Waals surface area contributed by atoms with Gasteiger partial charge in [0.1, 0.15) is 11.6 Å². The van der Waals surface area contributed by atoms with E-state index >= 15 is 0 Å². The van der Waals surface area contributed by atoms with Crippen LogP contribution in [-0.4, -0.2) is 24.1 Å². The van der Waals surface area contributed by atoms with Gasteiger partial charge in [-0.15, -0.1) is 0 Å². The molecule has 0 fully saturated rings. The van der Waals surface area contributed by atoms with Crippen LogP contribution in [0.15, 0.2) is 30.3 Å². The molecular formula is C13H12F3N3O. The molecule has 0 saturated carbocycles. The number of benzene rings is 1. The van der Waals surface area contributed by atoms with E-state index in [0.29, 0.717) is 11.3 Å². The summed E-state index contributed by atoms with van der Waals surface area (Å²) in [7, 11) is 2.94. The highest BCUT2D eigenvalue weighted by molar-refractivity contribution is 5.69. The smallest absolute Gasteiger partial charge is 0.451 e. The largest absolute Gasteiger partial charge is 0.496 e. The number of nitrogens with zero attached hydrogens (tertiary/aromatic N) is 2. The number of aromatic nitrogens is 2. The zero-order chi connectivity index (χ0) is 14.8. The van der Waals surface area contributed by atoms with Gasteiger partial charge in [0.15, 0.2) is 0 Å². The normalized spacial score (nSPS) is 11.2. The van der Waals surface area contributed by atoms with Crippen molar-refractivity contribution in [2.24, 2.45) is 0 Å². The van der Waals surface area contributed by atoms with Crippen molar-refractivity contribution < 1.29 is 17.9 Å². The number of hydrogen-bond acceptors (Lipinski definition) is 4. The Bertz CT molecular complexity index is 614. The lowest BCUT2D eigenvalue weighted by Crippen LogP contribution is -2.13. The van der Waals surface area contributed by atoms with Crippen LogP contribution in [0, 0.1) is 0 Å². The molecule has 1 heterocycles. The van der Waals surface area contributed by atoms with Gasteiger partial charge in [0.25, 0.3) is 0 Å². The second kappa shape index (κ2) is 5.36. The molecule has 2 aromatic rings. The first-order valence-corrected chi connectivity index (χ1v) is 5.73. The molecule has 0 amide bonds. The topological polar surface area (TPSA) is 47.0 Å². The van der Waals surface area contributed by atoms with Gasteiger partial charge in [0.2, 0.25) is 5.82 Å². The van der Waals surface area contributed by atoms with Gasteiger partial charge < -0.3 is 10.1 Å². The highest BCUT2D eigenvalue weighted by Crippen LogP contribution is 2.33. The number of alkyl halides is 3. The predicted octanol–water partition coefficient (Wildman–Crippen LogP) is 3.21. The van der Waals surface area contributed by atoms with Crippen molar-refractivity contribution in [2.45, 2.75) is 6.18 Å². The Morgan fingerprint density at radius 3 is 2.45 bits per heavy atom. The second-order valence-electron chi connectivity index (χ2n) is 3.91. The van der Waals surface area contributed by atoms with Crippen LogP contribution in [0.2, 0.25) is 0 Å². The number of methoxy groups -OCH3 is 1. The standard InChI is InChI=1S/C13H12F3N3O/c1-17-11-7-9(18-12(19-11)13(14,15)16)8-5-3-4-6-10(8)20-2/h3-7H,1-2H3,(H,17,18,19). The Balaban J connectivity index is 2.62. The lowest BCUT2D eigenvalue weighted by Gasteiger charge is -2.12. The zero-order valence-corrected chi connectivity index (χ0v) is 10.8. The maximum absolute atomic E-state index is 12.8. The second-order valence-corrected chi connectivity index (χ2v) is 3.91. The number of hydrogen-bond donors (Lipinski definition) is 1. The Morgan fingerprint density at radius 2 is 1.85 bits per heavy atom. The SMILES string of the molecule is CNc1cc(-c2ccccc2OC)nc(C(F)(F)F)n1. The van der Waals surface area contributed by atoms with E-state index in [4.69, 9.17) is 4.74 Å². The monoisotopic (exact) mass is 283 g/mol. The van der Waals surface area contributed by atoms with Crippen LogP contribution in [-0.2, 0) is 6.18 Å². The summed E-state index contributed by atoms with van der Waals surface area (Å²) < 4.78 is 43.5. The quantitative estimate of drug-likeness (QED) is 0.939. The molecule has 0 radical (unpaired) electrons. The summed E-state index contributed by atoms with van der Waals surface area (Å²) in [6, 6.07) is 8.16. The Hall–Kier alpha value is -2.31. The molecule has 20 heavy (non-hydrogen) atoms. The van der Waals surface area contributed by atoms with Gasteiger partial charge in [0, 0.05) is 18.7 Å². The molecule has 1 aromatic heterocycles. The van der Waals surface area contributed by atoms with Crippen molar-refractivity contribution in [1.29, 1.82) is 0 Å². The van der Waals surface area contributed by atoms with E-state index in [0.717, 1.165) is 0 Å². The van der Waals surface area contributed by atoms with E-state index in [2.05, 4.69) is 15.3 Å². The first kappa shape index (κ1) is 14.1. The van der Waals surface area contributed by atoms with Crippen LogP contribution < -0.4 is 10.1 Å². The van der Waals surface area contributed by atoms with Crippen molar-refractivity contribution in [3.8, 4) is 17.0 Å². The van der Waals surface area contributed by atoms with Gasteiger partial charge in [-0.3, -0.25) is 0 Å². The minimum Gasteiger partial charge on any atom is -0.496 e. The highest BCUT2D eigenvalue weighted by atomic mass is 19.4. The molecule has 106 valence electrons. The Morgan fingerprint density at radius 1 is 1.15 bits per heavy atom. The molecule has 0 saturated heterocycles. The zero-order valence-electron chi connectivity index (χ0n) is 10.8. The fourth-order valence-electron chi connectivity index (χ4n) is 1.70. The molecular weight excluding hydrogens is 271 g/mol. The number of nitrogens with one attached hydrogen (secondary N) is 1. The van der Waals surface area contributed by atoms with Gasteiger partial charge in [-0.25, -0.2) is 9.97 Å². The molecule has 0 bridgehead atoms. The van der Waals surface area contributed by atoms with E-state index in [9.17, 15) is 13.2 Å². The minimum absolute atomic E-state index is 0.0910. The first-order valence-electron chi connectivity index (χ1n) is 5.73. The molecule has 0 unspecified atom stereocenters. The van der Waals surface area contributed by atoms with Crippen molar-refractivity contribution in [3.05, 3.63) is 36.2 Å². The van der Waals surface area contributed by atoms with Crippen LogP contribution in [0.3, 0.4) is 0 Å². The summed E-state index contributed by atoms with van der Waals surface area (Å²) in [5, 5.41) is 2.60. The third-order valence-corrected chi connectivity index (χ3v) is 2.62. The lowest BCUT2D eigenvalue weighted by atomic mass is 10.1. The first-order chi connectivity index (χ1) is 9.45. The average Bonchev–Trinajstić information content (AvgIpc) is 2.45. The fourth-order valence-corrected chi connectivity index (χ4v) is 1.70. The molecule has 0 spiro atoms. The molecule has 1 aromatic carbocycles. The molecule has 7 heteroatoms. The Labute approximate surface area is 113 Å². The van der Waals surface area contributed by atoms with Crippen LogP contribution >= 0.6 is 0 Å². The van der Waals surface area contributed by atoms with Crippen LogP contribution in [0.25, 0.3) is 11.3 Å². The summed E-state index contributed by atoms with van der Waals surface area (Å²) in [5.74, 6) is -0.653. The summed E-state index contributed by atoms with van der Waals surface area (Å²) in [6.07, 6.45) is -4.61. The third-order valence-electron chi connectivity index (χ3n) is 2.62. The molecule has 0 aliphatic carbocycles. The minimum atomic E-state index is -4.61. The molecule has 2 rings (SSSR count). The number of halogens is 3. The molecule has 4 nitrogen and oxygen atoms in total. The molecule has 1 N–H and O–H groups in total. The van der Waals surface area contributed by atoms with Crippen LogP contribution in [0.5, 0.6) is 5.75 Å². The summed E-state index contributed by atoms with van der Waals surface area (Å²) in [4.78, 5) is 6.99. The van der Waals surface area contributed by atoms with E-state index in [1.165, 1.54) is 20.2 Å². The van der Waals surface area contributed by atoms with Gasteiger partial charge >= 0.3 is 6.18 Å². The van der Waals surface area contributed by atoms with E-state index in [1.54, 1.807) is 24.3 Å². The van der Waals surface area contributed by atoms with Crippen molar-refractivity contribution >= 4 is 5.82 Å². The van der Waals surface area contributed by atoms with Crippen molar-refractivity contribution in [1.82, 2.24) is 9.97 Å². The van der Waals surface area contributed by atoms with Crippen molar-refractivity contribution in [2.75, 3.05) is 19.5 Å². The predicted molar refractivity (Wildman–Crippen MR) is 68.6 cm³/mol. The molecule has 0 aliphatic heterocycles. The van der Waals surface area contributed by atoms with Gasteiger partial charge in [0.05, 0.1) is 12.8 Å². The maximum Gasteiger partial charge on any atom is 0.451 e. The van der Waals surface area contributed by atoms with Crippen molar-refractivity contribution in [3.63, 3.8) is 0 Å². The van der Waals surface area contributed by atoms with Crippen LogP contribution in [0.4, 0.5) is 19.0 Å². The van der Waals surface area contributed by atoms with E-state index < -0.39 is 12.0 Å². The van der Waals surface area contributed by atoms with Crippen LogP contribution in [0.1, 0.15) is 5.82 Å². The average molecular weight is 283 g/mol. The summed E-state index contributed by atoms with van der Waals surface area (Å²) in [5.41, 5.74) is 0.619. The summed E-state index contributed by atoms with van der Waals surface area (Å²) in [6.45, 7) is 0. The third kappa shape index (κ3) is 2.81. The molecule has 0 atom stereocenters. The number of ether oxygens (including phenoxy) is 1. The maximum atomic E-state index is 12.8.